The average molecular weight is 255 g/mol. The minimum atomic E-state index is -0.492. The maximum absolute atomic E-state index is 11.8. The highest BCUT2D eigenvalue weighted by Gasteiger charge is 2.27. The van der Waals surface area contributed by atoms with Crippen molar-refractivity contribution in [2.45, 2.75) is 46.7 Å². The van der Waals surface area contributed by atoms with Gasteiger partial charge in [-0.25, -0.2) is 4.98 Å². The summed E-state index contributed by atoms with van der Waals surface area (Å²) in [7, 11) is 0. The highest BCUT2D eigenvalue weighted by atomic mass is 32.1. The van der Waals surface area contributed by atoms with Gasteiger partial charge in [-0.15, -0.1) is 11.3 Å². The number of hydrogen-bond acceptors (Lipinski definition) is 4. The van der Waals surface area contributed by atoms with E-state index in [1.54, 1.807) is 11.3 Å². The van der Waals surface area contributed by atoms with E-state index in [2.05, 4.69) is 17.2 Å². The van der Waals surface area contributed by atoms with E-state index in [-0.39, 0.29) is 11.3 Å². The minimum Gasteiger partial charge on any atom is -0.348 e. The molecule has 1 aromatic heterocycles. The van der Waals surface area contributed by atoms with E-state index >= 15 is 0 Å². The number of aryl methyl sites for hydroxylation is 1. The third-order valence-electron chi connectivity index (χ3n) is 2.58. The van der Waals surface area contributed by atoms with Crippen molar-refractivity contribution in [3.05, 3.63) is 16.1 Å². The van der Waals surface area contributed by atoms with Gasteiger partial charge < -0.3 is 11.1 Å². The van der Waals surface area contributed by atoms with Gasteiger partial charge in [0.2, 0.25) is 5.91 Å². The molecule has 0 spiro atoms. The van der Waals surface area contributed by atoms with Gasteiger partial charge in [-0.05, 0) is 11.8 Å². The summed E-state index contributed by atoms with van der Waals surface area (Å²) in [5.74, 6) is -0.120. The lowest BCUT2D eigenvalue weighted by molar-refractivity contribution is -0.124. The second kappa shape index (κ2) is 5.60. The molecule has 5 heteroatoms. The fourth-order valence-electron chi connectivity index (χ4n) is 1.26. The molecule has 1 rings (SSSR count). The Bertz CT molecular complexity index is 381. The first-order valence-corrected chi connectivity index (χ1v) is 6.63. The number of nitrogens with one attached hydrogen (secondary N) is 1. The zero-order valence-corrected chi connectivity index (χ0v) is 11.7. The summed E-state index contributed by atoms with van der Waals surface area (Å²) < 4.78 is 0. The SMILES string of the molecule is CCc1cnc(CNC(=O)[C@H](N)C(C)(C)C)s1. The van der Waals surface area contributed by atoms with Crippen LogP contribution in [0.25, 0.3) is 0 Å². The molecule has 3 N–H and O–H groups in total. The van der Waals surface area contributed by atoms with Crippen LogP contribution < -0.4 is 11.1 Å². The smallest absolute Gasteiger partial charge is 0.237 e. The largest absolute Gasteiger partial charge is 0.348 e. The molecule has 1 heterocycles. The highest BCUT2D eigenvalue weighted by Crippen LogP contribution is 2.18. The number of carbonyl (C=O) groups excluding carboxylic acids is 1. The van der Waals surface area contributed by atoms with Gasteiger partial charge in [0.1, 0.15) is 5.01 Å². The quantitative estimate of drug-likeness (QED) is 0.860. The minimum absolute atomic E-state index is 0.120. The zero-order valence-electron chi connectivity index (χ0n) is 10.9. The van der Waals surface area contributed by atoms with Crippen LogP contribution in [0.4, 0.5) is 0 Å². The van der Waals surface area contributed by atoms with Gasteiger partial charge in [0, 0.05) is 11.1 Å². The number of nitrogens with zero attached hydrogens (tertiary/aromatic N) is 1. The van der Waals surface area contributed by atoms with Gasteiger partial charge in [-0.1, -0.05) is 27.7 Å². The van der Waals surface area contributed by atoms with Gasteiger partial charge in [-0.2, -0.15) is 0 Å². The Morgan fingerprint density at radius 3 is 2.71 bits per heavy atom. The van der Waals surface area contributed by atoms with Crippen molar-refractivity contribution in [3.63, 3.8) is 0 Å². The summed E-state index contributed by atoms with van der Waals surface area (Å²) in [5.41, 5.74) is 5.64. The number of amides is 1. The lowest BCUT2D eigenvalue weighted by atomic mass is 9.87. The number of rotatable bonds is 4. The van der Waals surface area contributed by atoms with Crippen LogP contribution in [-0.4, -0.2) is 16.9 Å². The summed E-state index contributed by atoms with van der Waals surface area (Å²) in [5, 5.41) is 3.75. The summed E-state index contributed by atoms with van der Waals surface area (Å²) in [6.07, 6.45) is 2.84. The molecular weight excluding hydrogens is 234 g/mol. The monoisotopic (exact) mass is 255 g/mol. The van der Waals surface area contributed by atoms with E-state index in [9.17, 15) is 4.79 Å². The van der Waals surface area contributed by atoms with Crippen molar-refractivity contribution in [1.29, 1.82) is 0 Å². The molecular formula is C12H21N3OS. The molecule has 0 aliphatic rings. The van der Waals surface area contributed by atoms with E-state index in [0.717, 1.165) is 11.4 Å². The Balaban J connectivity index is 2.48. The van der Waals surface area contributed by atoms with Crippen LogP contribution in [0.15, 0.2) is 6.20 Å². The van der Waals surface area contributed by atoms with Crippen LogP contribution in [-0.2, 0) is 17.8 Å². The maximum Gasteiger partial charge on any atom is 0.237 e. The van der Waals surface area contributed by atoms with Crippen LogP contribution in [0.3, 0.4) is 0 Å². The van der Waals surface area contributed by atoms with Crippen molar-refractivity contribution in [2.24, 2.45) is 11.1 Å². The number of hydrogen-bond donors (Lipinski definition) is 2. The van der Waals surface area contributed by atoms with Crippen molar-refractivity contribution in [1.82, 2.24) is 10.3 Å². The molecule has 0 saturated carbocycles. The van der Waals surface area contributed by atoms with Crippen LogP contribution >= 0.6 is 11.3 Å². The highest BCUT2D eigenvalue weighted by molar-refractivity contribution is 7.11. The summed E-state index contributed by atoms with van der Waals surface area (Å²) >= 11 is 1.63. The van der Waals surface area contributed by atoms with Crippen molar-refractivity contribution in [3.8, 4) is 0 Å². The van der Waals surface area contributed by atoms with Gasteiger partial charge >= 0.3 is 0 Å². The predicted molar refractivity (Wildman–Crippen MR) is 70.8 cm³/mol. The second-order valence-electron chi connectivity index (χ2n) is 5.14. The fraction of sp³-hybridized carbons (Fsp3) is 0.667. The van der Waals surface area contributed by atoms with E-state index in [1.807, 2.05) is 27.0 Å². The molecule has 0 fully saturated rings. The number of aromatic nitrogens is 1. The van der Waals surface area contributed by atoms with Gasteiger partial charge in [-0.3, -0.25) is 4.79 Å². The third kappa shape index (κ3) is 4.09. The summed E-state index contributed by atoms with van der Waals surface area (Å²) in [6.45, 7) is 8.42. The molecule has 0 aromatic carbocycles. The first-order chi connectivity index (χ1) is 7.84. The molecule has 1 amide bonds. The van der Waals surface area contributed by atoms with E-state index < -0.39 is 6.04 Å². The molecule has 1 atom stereocenters. The number of nitrogens with two attached hydrogens (primary N) is 1. The predicted octanol–water partition coefficient (Wildman–Crippen LogP) is 1.70. The van der Waals surface area contributed by atoms with E-state index in [1.165, 1.54) is 4.88 Å². The lowest BCUT2D eigenvalue weighted by Gasteiger charge is -2.25. The number of thiazole rings is 1. The molecule has 1 aromatic rings. The molecule has 0 bridgehead atoms. The standard InChI is InChI=1S/C12H21N3OS/c1-5-8-6-14-9(17-8)7-15-11(16)10(13)12(2,3)4/h6,10H,5,7,13H2,1-4H3,(H,15,16)/t10-/m0/s1. The molecule has 0 aliphatic carbocycles. The Labute approximate surface area is 107 Å². The molecule has 0 saturated heterocycles. The molecule has 0 unspecified atom stereocenters. The fourth-order valence-corrected chi connectivity index (χ4v) is 2.06. The Morgan fingerprint density at radius 1 is 1.59 bits per heavy atom. The Kier molecular flexibility index (Phi) is 4.65. The molecule has 4 nitrogen and oxygen atoms in total. The van der Waals surface area contributed by atoms with Crippen LogP contribution in [0.5, 0.6) is 0 Å². The van der Waals surface area contributed by atoms with Gasteiger partial charge in [0.15, 0.2) is 0 Å². The van der Waals surface area contributed by atoms with Gasteiger partial charge in [0.25, 0.3) is 0 Å². The third-order valence-corrected chi connectivity index (χ3v) is 3.72. The number of carbonyl (C=O) groups is 1. The van der Waals surface area contributed by atoms with Crippen molar-refractivity contribution >= 4 is 17.2 Å². The Hall–Kier alpha value is -0.940. The Morgan fingerprint density at radius 2 is 2.24 bits per heavy atom. The van der Waals surface area contributed by atoms with Crippen molar-refractivity contribution in [2.75, 3.05) is 0 Å². The normalized spacial score (nSPS) is 13.5. The summed E-state index contributed by atoms with van der Waals surface area (Å²) in [6, 6.07) is -0.492. The topological polar surface area (TPSA) is 68.0 Å². The van der Waals surface area contributed by atoms with Crippen LogP contribution in [0, 0.1) is 5.41 Å². The molecule has 17 heavy (non-hydrogen) atoms. The average Bonchev–Trinajstić information content (AvgIpc) is 2.71. The summed E-state index contributed by atoms with van der Waals surface area (Å²) in [4.78, 5) is 17.3. The molecule has 96 valence electrons. The maximum atomic E-state index is 11.8. The zero-order chi connectivity index (χ0) is 13.1. The van der Waals surface area contributed by atoms with E-state index in [4.69, 9.17) is 5.73 Å². The van der Waals surface area contributed by atoms with Crippen LogP contribution in [0.2, 0.25) is 0 Å². The van der Waals surface area contributed by atoms with Gasteiger partial charge in [0.05, 0.1) is 12.6 Å². The van der Waals surface area contributed by atoms with E-state index in [0.29, 0.717) is 6.54 Å². The first kappa shape index (κ1) is 14.1. The molecule has 0 aliphatic heterocycles. The van der Waals surface area contributed by atoms with Crippen molar-refractivity contribution < 1.29 is 4.79 Å². The molecule has 0 radical (unpaired) electrons. The second-order valence-corrected chi connectivity index (χ2v) is 6.34. The lowest BCUT2D eigenvalue weighted by Crippen LogP contribution is -2.48. The van der Waals surface area contributed by atoms with Crippen LogP contribution in [0.1, 0.15) is 37.6 Å². The first-order valence-electron chi connectivity index (χ1n) is 5.81.